The number of carbonyl (C=O) groups is 1. The van der Waals surface area contributed by atoms with Crippen LogP contribution < -0.4 is 0 Å². The maximum absolute atomic E-state index is 11.9. The molecule has 0 radical (unpaired) electrons. The van der Waals surface area contributed by atoms with E-state index in [0.717, 1.165) is 11.3 Å². The number of hydrogen-bond donors (Lipinski definition) is 0. The first-order valence-electron chi connectivity index (χ1n) is 6.18. The van der Waals surface area contributed by atoms with Gasteiger partial charge in [0.25, 0.3) is 8.32 Å². The smallest absolute Gasteiger partial charge is 0.278 e. The van der Waals surface area contributed by atoms with Gasteiger partial charge in [0.05, 0.1) is 5.71 Å². The van der Waals surface area contributed by atoms with Gasteiger partial charge in [-0.1, -0.05) is 30.3 Å². The Morgan fingerprint density at radius 1 is 1.17 bits per heavy atom. The lowest BCUT2D eigenvalue weighted by molar-refractivity contribution is 0.0984. The van der Waals surface area contributed by atoms with Crippen LogP contribution in [0.4, 0.5) is 0 Å². The number of ketones is 1. The highest BCUT2D eigenvalue weighted by Gasteiger charge is 2.16. The van der Waals surface area contributed by atoms with E-state index in [-0.39, 0.29) is 5.78 Å². The Morgan fingerprint density at radius 2 is 1.78 bits per heavy atom. The third kappa shape index (κ3) is 5.77. The van der Waals surface area contributed by atoms with Crippen LogP contribution in [-0.4, -0.2) is 19.8 Å². The lowest BCUT2D eigenvalue weighted by atomic mass is 10.1. The molecule has 0 saturated heterocycles. The molecule has 0 saturated carbocycles. The van der Waals surface area contributed by atoms with Crippen molar-refractivity contribution in [1.82, 2.24) is 0 Å². The van der Waals surface area contributed by atoms with Gasteiger partial charge in [-0.3, -0.25) is 4.79 Å². The van der Waals surface area contributed by atoms with E-state index in [1.807, 2.05) is 37.3 Å². The molecular formula is C14H21NO2Si. The van der Waals surface area contributed by atoms with Crippen molar-refractivity contribution in [3.05, 3.63) is 35.9 Å². The number of Topliss-reactive ketones (excluding diaryl/α,β-unsaturated/α-hetero) is 1. The van der Waals surface area contributed by atoms with Crippen molar-refractivity contribution in [3.63, 3.8) is 0 Å². The summed E-state index contributed by atoms with van der Waals surface area (Å²) in [6, 6.07) is 9.34. The van der Waals surface area contributed by atoms with Crippen LogP contribution in [0.5, 0.6) is 0 Å². The summed E-state index contributed by atoms with van der Waals surface area (Å²) in [6.45, 7) is 8.15. The summed E-state index contributed by atoms with van der Waals surface area (Å²) in [5, 5.41) is 4.09. The van der Waals surface area contributed by atoms with Gasteiger partial charge in [0.15, 0.2) is 5.78 Å². The highest BCUT2D eigenvalue weighted by atomic mass is 28.4. The molecule has 0 heterocycles. The van der Waals surface area contributed by atoms with Crippen LogP contribution in [0.25, 0.3) is 0 Å². The van der Waals surface area contributed by atoms with Crippen LogP contribution in [0, 0.1) is 0 Å². The molecule has 3 nitrogen and oxygen atoms in total. The standard InChI is InChI=1S/C14H21NO2Si/c1-12(15-17-18(2,3)4)10-11-14(16)13-8-6-5-7-9-13/h5-9H,10-11H2,1-4H3. The average Bonchev–Trinajstić information content (AvgIpc) is 2.33. The predicted octanol–water partition coefficient (Wildman–Crippen LogP) is 3.88. The quantitative estimate of drug-likeness (QED) is 0.338. The average molecular weight is 263 g/mol. The minimum atomic E-state index is -1.61. The maximum atomic E-state index is 11.9. The summed E-state index contributed by atoms with van der Waals surface area (Å²) in [5.74, 6) is 0.151. The molecular weight excluding hydrogens is 242 g/mol. The molecule has 18 heavy (non-hydrogen) atoms. The second kappa shape index (κ2) is 6.49. The Kier molecular flexibility index (Phi) is 5.28. The van der Waals surface area contributed by atoms with Gasteiger partial charge in [-0.15, -0.1) is 5.16 Å². The molecule has 0 aromatic heterocycles. The zero-order valence-electron chi connectivity index (χ0n) is 11.6. The summed E-state index contributed by atoms with van der Waals surface area (Å²) < 4.78 is 5.44. The number of hydrogen-bond acceptors (Lipinski definition) is 3. The van der Waals surface area contributed by atoms with Crippen LogP contribution >= 0.6 is 0 Å². The first-order valence-corrected chi connectivity index (χ1v) is 9.59. The van der Waals surface area contributed by atoms with Gasteiger partial charge in [0.2, 0.25) is 0 Å². The molecule has 1 aromatic rings. The molecule has 0 N–H and O–H groups in total. The van der Waals surface area contributed by atoms with Gasteiger partial charge in [-0.05, 0) is 33.0 Å². The zero-order chi connectivity index (χ0) is 13.6. The third-order valence-electron chi connectivity index (χ3n) is 2.28. The topological polar surface area (TPSA) is 38.7 Å². The zero-order valence-corrected chi connectivity index (χ0v) is 12.6. The van der Waals surface area contributed by atoms with Gasteiger partial charge in [-0.25, -0.2) is 0 Å². The molecule has 0 unspecified atom stereocenters. The van der Waals surface area contributed by atoms with E-state index >= 15 is 0 Å². The highest BCUT2D eigenvalue weighted by Crippen LogP contribution is 2.07. The number of rotatable bonds is 6. The van der Waals surface area contributed by atoms with Crippen molar-refractivity contribution < 1.29 is 9.32 Å². The van der Waals surface area contributed by atoms with Crippen LogP contribution in [0.3, 0.4) is 0 Å². The van der Waals surface area contributed by atoms with E-state index in [1.165, 1.54) is 0 Å². The fraction of sp³-hybridized carbons (Fsp3) is 0.429. The molecule has 0 spiro atoms. The number of nitrogens with zero attached hydrogens (tertiary/aromatic N) is 1. The Labute approximate surface area is 110 Å². The highest BCUT2D eigenvalue weighted by molar-refractivity contribution is 6.69. The van der Waals surface area contributed by atoms with E-state index in [4.69, 9.17) is 4.53 Å². The van der Waals surface area contributed by atoms with Gasteiger partial charge in [-0.2, -0.15) is 0 Å². The fourth-order valence-electron chi connectivity index (χ4n) is 1.32. The summed E-state index contributed by atoms with van der Waals surface area (Å²) >= 11 is 0. The first kappa shape index (κ1) is 14.6. The summed E-state index contributed by atoms with van der Waals surface area (Å²) in [7, 11) is -1.61. The van der Waals surface area contributed by atoms with Crippen LogP contribution in [-0.2, 0) is 4.53 Å². The molecule has 98 valence electrons. The van der Waals surface area contributed by atoms with Crippen LogP contribution in [0.2, 0.25) is 19.6 Å². The SMILES string of the molecule is CC(CCC(=O)c1ccccc1)=NO[Si](C)(C)C. The Hall–Kier alpha value is -1.42. The molecule has 1 aromatic carbocycles. The first-order chi connectivity index (χ1) is 8.38. The van der Waals surface area contributed by atoms with Crippen molar-refractivity contribution in [2.75, 3.05) is 0 Å². The summed E-state index contributed by atoms with van der Waals surface area (Å²) in [4.78, 5) is 11.9. The summed E-state index contributed by atoms with van der Waals surface area (Å²) in [5.41, 5.74) is 1.64. The molecule has 0 aliphatic heterocycles. The molecule has 0 aliphatic rings. The van der Waals surface area contributed by atoms with Crippen molar-refractivity contribution in [2.24, 2.45) is 5.16 Å². The molecule has 0 fully saturated rings. The normalized spacial score (nSPS) is 12.3. The maximum Gasteiger partial charge on any atom is 0.278 e. The van der Waals surface area contributed by atoms with Gasteiger partial charge in [0, 0.05) is 12.0 Å². The van der Waals surface area contributed by atoms with Crippen molar-refractivity contribution >= 4 is 19.8 Å². The molecule has 1 rings (SSSR count). The van der Waals surface area contributed by atoms with Gasteiger partial charge >= 0.3 is 0 Å². The minimum Gasteiger partial charge on any atom is -0.456 e. The second-order valence-electron chi connectivity index (χ2n) is 5.32. The van der Waals surface area contributed by atoms with E-state index in [9.17, 15) is 4.79 Å². The van der Waals surface area contributed by atoms with Gasteiger partial charge in [0.1, 0.15) is 0 Å². The van der Waals surface area contributed by atoms with Crippen LogP contribution in [0.15, 0.2) is 35.5 Å². The van der Waals surface area contributed by atoms with E-state index in [0.29, 0.717) is 12.8 Å². The molecule has 0 bridgehead atoms. The Morgan fingerprint density at radius 3 is 2.33 bits per heavy atom. The minimum absolute atomic E-state index is 0.151. The number of oxime groups is 1. The molecule has 0 aliphatic carbocycles. The number of carbonyl (C=O) groups excluding carboxylic acids is 1. The Bertz CT molecular complexity index is 421. The molecule has 4 heteroatoms. The largest absolute Gasteiger partial charge is 0.456 e. The Balaban J connectivity index is 2.44. The summed E-state index contributed by atoms with van der Waals surface area (Å²) in [6.07, 6.45) is 1.13. The van der Waals surface area contributed by atoms with Crippen LogP contribution in [0.1, 0.15) is 30.1 Å². The van der Waals surface area contributed by atoms with Gasteiger partial charge < -0.3 is 4.53 Å². The van der Waals surface area contributed by atoms with E-state index in [2.05, 4.69) is 24.8 Å². The monoisotopic (exact) mass is 263 g/mol. The predicted molar refractivity (Wildman–Crippen MR) is 77.5 cm³/mol. The van der Waals surface area contributed by atoms with Crippen molar-refractivity contribution in [1.29, 1.82) is 0 Å². The second-order valence-corrected chi connectivity index (χ2v) is 9.73. The lowest BCUT2D eigenvalue weighted by Gasteiger charge is -2.13. The van der Waals surface area contributed by atoms with Crippen molar-refractivity contribution in [2.45, 2.75) is 39.4 Å². The van der Waals surface area contributed by atoms with E-state index < -0.39 is 8.32 Å². The lowest BCUT2D eigenvalue weighted by Crippen LogP contribution is -2.22. The fourth-order valence-corrected chi connectivity index (χ4v) is 1.75. The number of benzene rings is 1. The molecule has 0 atom stereocenters. The third-order valence-corrected chi connectivity index (χ3v) is 2.92. The van der Waals surface area contributed by atoms with E-state index in [1.54, 1.807) is 0 Å². The van der Waals surface area contributed by atoms with Crippen molar-refractivity contribution in [3.8, 4) is 0 Å². The molecule has 0 amide bonds.